The Morgan fingerprint density at radius 1 is 1.44 bits per heavy atom. The molecular weight excluding hydrogens is 224 g/mol. The molecule has 0 atom stereocenters. The fourth-order valence-electron chi connectivity index (χ4n) is 1.67. The zero-order chi connectivity index (χ0) is 12.2. The molecule has 1 heterocycles. The average Bonchev–Trinajstić information content (AvgIpc) is 2.18. The summed E-state index contributed by atoms with van der Waals surface area (Å²) in [6, 6.07) is 0.214. The molecule has 0 aliphatic carbocycles. The Morgan fingerprint density at radius 2 is 2.00 bits per heavy atom. The molecule has 3 N–H and O–H groups in total. The van der Waals surface area contributed by atoms with Gasteiger partial charge in [-0.3, -0.25) is 9.00 Å². The van der Waals surface area contributed by atoms with Gasteiger partial charge in [0.25, 0.3) is 0 Å². The van der Waals surface area contributed by atoms with Gasteiger partial charge in [0.15, 0.2) is 0 Å². The van der Waals surface area contributed by atoms with E-state index in [0.717, 1.165) is 12.8 Å². The van der Waals surface area contributed by atoms with Gasteiger partial charge in [-0.1, -0.05) is 0 Å². The van der Waals surface area contributed by atoms with Gasteiger partial charge in [0, 0.05) is 40.3 Å². The second kappa shape index (κ2) is 5.77. The first-order valence-electron chi connectivity index (χ1n) is 5.80. The smallest absolute Gasteiger partial charge is 0.220 e. The van der Waals surface area contributed by atoms with Crippen LogP contribution in [0.15, 0.2) is 0 Å². The third-order valence-electron chi connectivity index (χ3n) is 2.75. The summed E-state index contributed by atoms with van der Waals surface area (Å²) in [6.45, 7) is 3.84. The lowest BCUT2D eigenvalue weighted by Gasteiger charge is -2.23. The van der Waals surface area contributed by atoms with Gasteiger partial charge in [-0.15, -0.1) is 0 Å². The van der Waals surface area contributed by atoms with Gasteiger partial charge in [-0.25, -0.2) is 0 Å². The quantitative estimate of drug-likeness (QED) is 0.760. The molecule has 16 heavy (non-hydrogen) atoms. The Hall–Kier alpha value is -0.420. The van der Waals surface area contributed by atoms with Crippen LogP contribution in [0.5, 0.6) is 0 Å². The lowest BCUT2D eigenvalue weighted by Crippen LogP contribution is -2.41. The highest BCUT2D eigenvalue weighted by Crippen LogP contribution is 2.11. The minimum Gasteiger partial charge on any atom is -0.353 e. The summed E-state index contributed by atoms with van der Waals surface area (Å²) >= 11 is 0. The monoisotopic (exact) mass is 246 g/mol. The number of hydrogen-bond acceptors (Lipinski definition) is 3. The van der Waals surface area contributed by atoms with E-state index in [1.807, 2.05) is 13.8 Å². The fourth-order valence-corrected chi connectivity index (χ4v) is 2.97. The molecule has 4 nitrogen and oxygen atoms in total. The maximum absolute atomic E-state index is 11.6. The van der Waals surface area contributed by atoms with Gasteiger partial charge < -0.3 is 11.1 Å². The van der Waals surface area contributed by atoms with E-state index < -0.39 is 10.8 Å². The molecule has 0 radical (unpaired) electrons. The summed E-state index contributed by atoms with van der Waals surface area (Å²) in [7, 11) is -0.665. The van der Waals surface area contributed by atoms with Crippen molar-refractivity contribution in [2.24, 2.45) is 5.73 Å². The van der Waals surface area contributed by atoms with E-state index >= 15 is 0 Å². The number of nitrogens with two attached hydrogens (primary N) is 1. The normalized spacial score (nSPS) is 26.4. The minimum absolute atomic E-state index is 0.0659. The second-order valence-corrected chi connectivity index (χ2v) is 6.87. The molecule has 0 unspecified atom stereocenters. The van der Waals surface area contributed by atoms with Gasteiger partial charge >= 0.3 is 0 Å². The number of carbonyl (C=O) groups is 1. The van der Waals surface area contributed by atoms with E-state index in [4.69, 9.17) is 5.73 Å². The molecule has 1 rings (SSSR count). The second-order valence-electron chi connectivity index (χ2n) is 5.18. The van der Waals surface area contributed by atoms with Crippen molar-refractivity contribution in [3.63, 3.8) is 0 Å². The Kier molecular flexibility index (Phi) is 4.92. The largest absolute Gasteiger partial charge is 0.353 e. The van der Waals surface area contributed by atoms with Gasteiger partial charge in [0.1, 0.15) is 0 Å². The molecule has 0 bridgehead atoms. The molecule has 94 valence electrons. The van der Waals surface area contributed by atoms with Crippen LogP contribution < -0.4 is 11.1 Å². The summed E-state index contributed by atoms with van der Waals surface area (Å²) < 4.78 is 11.1. The van der Waals surface area contributed by atoms with Crippen LogP contribution in [0.25, 0.3) is 0 Å². The predicted octanol–water partition coefficient (Wildman–Crippen LogP) is 0.531. The number of amides is 1. The Morgan fingerprint density at radius 3 is 2.50 bits per heavy atom. The summed E-state index contributed by atoms with van der Waals surface area (Å²) in [6.07, 6.45) is 2.84. The van der Waals surface area contributed by atoms with Gasteiger partial charge in [-0.05, 0) is 33.1 Å². The SMILES string of the molecule is CC(C)(N)CCC(=O)NC1CCS(=O)CC1. The summed E-state index contributed by atoms with van der Waals surface area (Å²) in [5.41, 5.74) is 5.53. The van der Waals surface area contributed by atoms with Gasteiger partial charge in [0.2, 0.25) is 5.91 Å². The lowest BCUT2D eigenvalue weighted by atomic mass is 9.99. The molecule has 1 amide bonds. The summed E-state index contributed by atoms with van der Waals surface area (Å²) in [5.74, 6) is 1.50. The minimum atomic E-state index is -0.665. The standard InChI is InChI=1S/C11H22N2O2S/c1-11(2,12)6-3-10(14)13-9-4-7-16(15)8-5-9/h9H,3-8,12H2,1-2H3,(H,13,14). The number of nitrogens with one attached hydrogen (secondary N) is 1. The summed E-state index contributed by atoms with van der Waals surface area (Å²) in [4.78, 5) is 11.6. The van der Waals surface area contributed by atoms with E-state index in [0.29, 0.717) is 24.3 Å². The van der Waals surface area contributed by atoms with E-state index in [1.165, 1.54) is 0 Å². The molecule has 1 aliphatic heterocycles. The highest BCUT2D eigenvalue weighted by atomic mass is 32.2. The molecule has 0 aromatic heterocycles. The van der Waals surface area contributed by atoms with E-state index in [9.17, 15) is 9.00 Å². The fraction of sp³-hybridized carbons (Fsp3) is 0.909. The maximum Gasteiger partial charge on any atom is 0.220 e. The van der Waals surface area contributed by atoms with E-state index in [2.05, 4.69) is 5.32 Å². The lowest BCUT2D eigenvalue weighted by molar-refractivity contribution is -0.122. The zero-order valence-electron chi connectivity index (χ0n) is 10.1. The molecular formula is C11H22N2O2S. The van der Waals surface area contributed by atoms with Crippen molar-refractivity contribution in [2.45, 2.75) is 51.1 Å². The van der Waals surface area contributed by atoms with Crippen LogP contribution in [0.1, 0.15) is 39.5 Å². The van der Waals surface area contributed by atoms with Crippen molar-refractivity contribution in [3.8, 4) is 0 Å². The van der Waals surface area contributed by atoms with Crippen LogP contribution >= 0.6 is 0 Å². The van der Waals surface area contributed by atoms with E-state index in [-0.39, 0.29) is 17.5 Å². The number of hydrogen-bond donors (Lipinski definition) is 2. The van der Waals surface area contributed by atoms with Gasteiger partial charge in [0.05, 0.1) is 0 Å². The van der Waals surface area contributed by atoms with Gasteiger partial charge in [-0.2, -0.15) is 0 Å². The predicted molar refractivity (Wildman–Crippen MR) is 66.5 cm³/mol. The van der Waals surface area contributed by atoms with Crippen LogP contribution in [-0.4, -0.2) is 33.2 Å². The van der Waals surface area contributed by atoms with Crippen LogP contribution in [0.4, 0.5) is 0 Å². The highest BCUT2D eigenvalue weighted by Gasteiger charge is 2.20. The van der Waals surface area contributed by atoms with Crippen molar-refractivity contribution in [3.05, 3.63) is 0 Å². The number of rotatable bonds is 4. The topological polar surface area (TPSA) is 72.2 Å². The number of carbonyl (C=O) groups excluding carboxylic acids is 1. The van der Waals surface area contributed by atoms with E-state index in [1.54, 1.807) is 0 Å². The van der Waals surface area contributed by atoms with Crippen molar-refractivity contribution < 1.29 is 9.00 Å². The zero-order valence-corrected chi connectivity index (χ0v) is 10.9. The first-order valence-corrected chi connectivity index (χ1v) is 7.29. The highest BCUT2D eigenvalue weighted by molar-refractivity contribution is 7.85. The average molecular weight is 246 g/mol. The Bertz CT molecular complexity index is 264. The van der Waals surface area contributed by atoms with Crippen LogP contribution in [-0.2, 0) is 15.6 Å². The third kappa shape index (κ3) is 5.61. The Labute approximate surface area is 99.8 Å². The first-order chi connectivity index (χ1) is 7.37. The van der Waals surface area contributed by atoms with Crippen molar-refractivity contribution in [1.29, 1.82) is 0 Å². The molecule has 0 aromatic carbocycles. The van der Waals surface area contributed by atoms with Crippen LogP contribution in [0.2, 0.25) is 0 Å². The molecule has 0 aromatic rings. The van der Waals surface area contributed by atoms with Crippen molar-refractivity contribution in [2.75, 3.05) is 11.5 Å². The summed E-state index contributed by atoms with van der Waals surface area (Å²) in [5, 5.41) is 2.98. The third-order valence-corrected chi connectivity index (χ3v) is 4.13. The first kappa shape index (κ1) is 13.6. The maximum atomic E-state index is 11.6. The van der Waals surface area contributed by atoms with Crippen LogP contribution in [0.3, 0.4) is 0 Å². The molecule has 0 spiro atoms. The molecule has 1 saturated heterocycles. The van der Waals surface area contributed by atoms with Crippen molar-refractivity contribution in [1.82, 2.24) is 5.32 Å². The molecule has 5 heteroatoms. The molecule has 1 aliphatic rings. The molecule has 0 saturated carbocycles. The van der Waals surface area contributed by atoms with Crippen LogP contribution in [0, 0.1) is 0 Å². The molecule has 1 fully saturated rings. The van der Waals surface area contributed by atoms with Crippen molar-refractivity contribution >= 4 is 16.7 Å². The Balaban J connectivity index is 2.22.